The molecule has 3 heteroatoms. The molecule has 1 aromatic rings. The molecule has 1 aliphatic heterocycles. The molecule has 3 nitrogen and oxygen atoms in total. The summed E-state index contributed by atoms with van der Waals surface area (Å²) >= 11 is 0. The van der Waals surface area contributed by atoms with Crippen molar-refractivity contribution in [3.05, 3.63) is 29.8 Å². The van der Waals surface area contributed by atoms with Crippen molar-refractivity contribution in [1.29, 1.82) is 0 Å². The lowest BCUT2D eigenvalue weighted by molar-refractivity contribution is -0.312. The Bertz CT molecular complexity index is 333. The van der Waals surface area contributed by atoms with Crippen molar-refractivity contribution in [1.82, 2.24) is 0 Å². The van der Waals surface area contributed by atoms with Gasteiger partial charge in [-0.1, -0.05) is 18.2 Å². The van der Waals surface area contributed by atoms with Gasteiger partial charge in [0.2, 0.25) is 0 Å². The minimum atomic E-state index is -1.03. The van der Waals surface area contributed by atoms with Gasteiger partial charge in [0.15, 0.2) is 0 Å². The molecule has 1 aliphatic rings. The largest absolute Gasteiger partial charge is 0.550 e. The number of carbonyl (C=O) groups is 1. The van der Waals surface area contributed by atoms with E-state index in [1.54, 1.807) is 0 Å². The molecule has 0 bridgehead atoms. The first-order valence-corrected chi connectivity index (χ1v) is 4.19. The van der Waals surface area contributed by atoms with Gasteiger partial charge >= 0.3 is 0 Å². The lowest BCUT2D eigenvalue weighted by Gasteiger charge is -2.25. The van der Waals surface area contributed by atoms with Crippen LogP contribution in [0.2, 0.25) is 0 Å². The zero-order valence-corrected chi connectivity index (χ0v) is 7.03. The predicted octanol–water partition coefficient (Wildman–Crippen LogP) is -0.0124. The summed E-state index contributed by atoms with van der Waals surface area (Å²) in [5.41, 5.74) is 0.947. The van der Waals surface area contributed by atoms with E-state index in [0.717, 1.165) is 11.3 Å². The first kappa shape index (κ1) is 8.10. The van der Waals surface area contributed by atoms with E-state index in [0.29, 0.717) is 6.42 Å². The number of hydrogen-bond acceptors (Lipinski definition) is 3. The van der Waals surface area contributed by atoms with Crippen LogP contribution in [0.1, 0.15) is 5.56 Å². The summed E-state index contributed by atoms with van der Waals surface area (Å²) in [4.78, 5) is 10.6. The van der Waals surface area contributed by atoms with Gasteiger partial charge < -0.3 is 14.6 Å². The van der Waals surface area contributed by atoms with E-state index in [1.807, 2.05) is 24.3 Å². The van der Waals surface area contributed by atoms with Crippen molar-refractivity contribution in [3.8, 4) is 5.75 Å². The minimum absolute atomic E-state index is 0.222. The van der Waals surface area contributed by atoms with Crippen LogP contribution in [0.3, 0.4) is 0 Å². The van der Waals surface area contributed by atoms with Crippen LogP contribution < -0.4 is 9.84 Å². The average Bonchev–Trinajstić information content (AvgIpc) is 2.17. The number of carboxylic acid groups (broad SMARTS) is 1. The van der Waals surface area contributed by atoms with Crippen LogP contribution in [0.5, 0.6) is 5.75 Å². The highest BCUT2D eigenvalue weighted by molar-refractivity contribution is 5.69. The molecule has 0 spiro atoms. The van der Waals surface area contributed by atoms with E-state index in [1.165, 1.54) is 0 Å². The number of aliphatic carboxylic acids is 1. The number of benzene rings is 1. The Labute approximate surface area is 76.0 Å². The first-order chi connectivity index (χ1) is 6.27. The third-order valence-electron chi connectivity index (χ3n) is 2.21. The van der Waals surface area contributed by atoms with Crippen molar-refractivity contribution in [2.24, 2.45) is 5.92 Å². The van der Waals surface area contributed by atoms with E-state index in [-0.39, 0.29) is 6.61 Å². The zero-order chi connectivity index (χ0) is 9.26. The summed E-state index contributed by atoms with van der Waals surface area (Å²) in [7, 11) is 0. The minimum Gasteiger partial charge on any atom is -0.550 e. The van der Waals surface area contributed by atoms with E-state index < -0.39 is 11.9 Å². The lowest BCUT2D eigenvalue weighted by Crippen LogP contribution is -2.38. The van der Waals surface area contributed by atoms with Crippen LogP contribution >= 0.6 is 0 Å². The normalized spacial score (nSPS) is 20.2. The van der Waals surface area contributed by atoms with Crippen LogP contribution in [-0.4, -0.2) is 12.6 Å². The molecule has 0 aromatic heterocycles. The number of carbonyl (C=O) groups excluding carboxylic acids is 1. The van der Waals surface area contributed by atoms with E-state index in [4.69, 9.17) is 4.74 Å². The third-order valence-corrected chi connectivity index (χ3v) is 2.21. The fourth-order valence-electron chi connectivity index (χ4n) is 1.48. The molecular weight excluding hydrogens is 168 g/mol. The maximum Gasteiger partial charge on any atom is 0.122 e. The van der Waals surface area contributed by atoms with Crippen LogP contribution in [0.25, 0.3) is 0 Å². The van der Waals surface area contributed by atoms with Crippen molar-refractivity contribution < 1.29 is 14.6 Å². The van der Waals surface area contributed by atoms with Gasteiger partial charge in [-0.05, 0) is 18.1 Å². The fourth-order valence-corrected chi connectivity index (χ4v) is 1.48. The van der Waals surface area contributed by atoms with Gasteiger partial charge in [-0.2, -0.15) is 0 Å². The van der Waals surface area contributed by atoms with Gasteiger partial charge in [0.1, 0.15) is 5.75 Å². The summed E-state index contributed by atoms with van der Waals surface area (Å²) in [5, 5.41) is 10.6. The Balaban J connectivity index is 2.24. The van der Waals surface area contributed by atoms with E-state index in [2.05, 4.69) is 0 Å². The van der Waals surface area contributed by atoms with Crippen molar-refractivity contribution >= 4 is 5.97 Å². The molecule has 13 heavy (non-hydrogen) atoms. The number of para-hydroxylation sites is 1. The maximum absolute atomic E-state index is 10.6. The Morgan fingerprint density at radius 1 is 1.46 bits per heavy atom. The summed E-state index contributed by atoms with van der Waals surface area (Å²) < 4.78 is 5.28. The van der Waals surface area contributed by atoms with Gasteiger partial charge in [-0.25, -0.2) is 0 Å². The van der Waals surface area contributed by atoms with E-state index >= 15 is 0 Å². The van der Waals surface area contributed by atoms with Crippen LogP contribution in [-0.2, 0) is 11.2 Å². The topological polar surface area (TPSA) is 49.4 Å². The second kappa shape index (κ2) is 3.09. The predicted molar refractivity (Wildman–Crippen MR) is 44.1 cm³/mol. The van der Waals surface area contributed by atoms with Crippen LogP contribution in [0.15, 0.2) is 24.3 Å². The first-order valence-electron chi connectivity index (χ1n) is 4.19. The Morgan fingerprint density at radius 3 is 3.00 bits per heavy atom. The molecule has 0 saturated carbocycles. The second-order valence-electron chi connectivity index (χ2n) is 3.14. The average molecular weight is 177 g/mol. The molecule has 0 fully saturated rings. The van der Waals surface area contributed by atoms with Crippen molar-refractivity contribution in [2.75, 3.05) is 6.61 Å². The summed E-state index contributed by atoms with van der Waals surface area (Å²) in [6, 6.07) is 7.48. The molecule has 1 heterocycles. The Hall–Kier alpha value is -1.51. The number of hydrogen-bond donors (Lipinski definition) is 0. The van der Waals surface area contributed by atoms with Gasteiger partial charge in [0, 0.05) is 11.9 Å². The monoisotopic (exact) mass is 177 g/mol. The standard InChI is InChI=1S/C10H10O3/c11-10(12)8-5-7-3-1-2-4-9(7)13-6-8/h1-4,8H,5-6H2,(H,11,12)/p-1/t8-/m0/s1. The number of rotatable bonds is 1. The molecule has 0 N–H and O–H groups in total. The molecular formula is C10H9O3-. The molecule has 0 saturated heterocycles. The number of fused-ring (bicyclic) bond motifs is 1. The summed E-state index contributed by atoms with van der Waals surface area (Å²) in [6.45, 7) is 0.222. The van der Waals surface area contributed by atoms with E-state index in [9.17, 15) is 9.90 Å². The zero-order valence-electron chi connectivity index (χ0n) is 7.03. The number of carboxylic acids is 1. The molecule has 0 amide bonds. The Kier molecular flexibility index (Phi) is 1.93. The molecule has 0 radical (unpaired) electrons. The smallest absolute Gasteiger partial charge is 0.122 e. The van der Waals surface area contributed by atoms with Gasteiger partial charge in [-0.3, -0.25) is 0 Å². The third kappa shape index (κ3) is 1.49. The van der Waals surface area contributed by atoms with Crippen LogP contribution in [0.4, 0.5) is 0 Å². The maximum atomic E-state index is 10.6. The van der Waals surface area contributed by atoms with Crippen molar-refractivity contribution in [3.63, 3.8) is 0 Å². The summed E-state index contributed by atoms with van der Waals surface area (Å²) in [5.74, 6) is -0.746. The highest BCUT2D eigenvalue weighted by atomic mass is 16.5. The molecule has 1 atom stereocenters. The molecule has 68 valence electrons. The van der Waals surface area contributed by atoms with Gasteiger partial charge in [0.05, 0.1) is 6.61 Å². The molecule has 0 aliphatic carbocycles. The lowest BCUT2D eigenvalue weighted by atomic mass is 9.97. The number of ether oxygens (including phenoxy) is 1. The fraction of sp³-hybridized carbons (Fsp3) is 0.300. The summed E-state index contributed by atoms with van der Waals surface area (Å²) in [6.07, 6.45) is 0.512. The van der Waals surface area contributed by atoms with Crippen LogP contribution in [0, 0.1) is 5.92 Å². The van der Waals surface area contributed by atoms with Gasteiger partial charge in [-0.15, -0.1) is 0 Å². The molecule has 0 unspecified atom stereocenters. The van der Waals surface area contributed by atoms with Gasteiger partial charge in [0.25, 0.3) is 0 Å². The highest BCUT2D eigenvalue weighted by Gasteiger charge is 2.19. The molecule has 1 aromatic carbocycles. The highest BCUT2D eigenvalue weighted by Crippen LogP contribution is 2.26. The SMILES string of the molecule is O=C([O-])[C@@H]1COc2ccccc2C1. The quantitative estimate of drug-likeness (QED) is 0.606. The Morgan fingerprint density at radius 2 is 2.23 bits per heavy atom. The molecule has 2 rings (SSSR count). The second-order valence-corrected chi connectivity index (χ2v) is 3.14. The van der Waals surface area contributed by atoms with Crippen molar-refractivity contribution in [2.45, 2.75) is 6.42 Å².